The normalized spacial score (nSPS) is 9.95. The Bertz CT molecular complexity index is 620. The Morgan fingerprint density at radius 2 is 2.00 bits per heavy atom. The largest absolute Gasteiger partial charge is 0.489 e. The molecule has 3 nitrogen and oxygen atoms in total. The van der Waals surface area contributed by atoms with E-state index in [0.29, 0.717) is 12.3 Å². The third kappa shape index (κ3) is 3.30. The Morgan fingerprint density at radius 3 is 2.74 bits per heavy atom. The molecule has 2 aromatic rings. The van der Waals surface area contributed by atoms with Crippen LogP contribution in [0.25, 0.3) is 0 Å². The number of nitrogens with two attached hydrogens (primary N) is 1. The summed E-state index contributed by atoms with van der Waals surface area (Å²) in [7, 11) is 0. The van der Waals surface area contributed by atoms with E-state index < -0.39 is 5.82 Å². The number of hydrogen-bond donors (Lipinski definition) is 1. The number of rotatable bonds is 4. The van der Waals surface area contributed by atoms with Crippen molar-refractivity contribution in [1.29, 1.82) is 5.26 Å². The summed E-state index contributed by atoms with van der Waals surface area (Å²) in [6.45, 7) is 0.731. The highest BCUT2D eigenvalue weighted by Gasteiger charge is 2.03. The Balaban J connectivity index is 2.08. The number of ether oxygens (including phenoxy) is 1. The molecule has 0 spiro atoms. The van der Waals surface area contributed by atoms with E-state index in [1.54, 1.807) is 12.1 Å². The average molecular weight is 256 g/mol. The number of nitrogens with zero attached hydrogens (tertiary/aromatic N) is 1. The molecule has 0 aliphatic heterocycles. The minimum atomic E-state index is -0.517. The van der Waals surface area contributed by atoms with Gasteiger partial charge in [0.1, 0.15) is 24.2 Å². The van der Waals surface area contributed by atoms with Crippen molar-refractivity contribution >= 4 is 0 Å². The van der Waals surface area contributed by atoms with Crippen molar-refractivity contribution in [1.82, 2.24) is 0 Å². The van der Waals surface area contributed by atoms with E-state index in [-0.39, 0.29) is 12.2 Å². The lowest BCUT2D eigenvalue weighted by atomic mass is 10.1. The van der Waals surface area contributed by atoms with Crippen molar-refractivity contribution in [2.75, 3.05) is 0 Å². The van der Waals surface area contributed by atoms with Crippen LogP contribution in [0, 0.1) is 17.1 Å². The zero-order valence-corrected chi connectivity index (χ0v) is 10.3. The van der Waals surface area contributed by atoms with Gasteiger partial charge in [0.05, 0.1) is 5.56 Å². The van der Waals surface area contributed by atoms with Gasteiger partial charge in [0.15, 0.2) is 0 Å². The maximum absolute atomic E-state index is 13.2. The zero-order valence-electron chi connectivity index (χ0n) is 10.3. The predicted octanol–water partition coefficient (Wildman–Crippen LogP) is 2.74. The van der Waals surface area contributed by atoms with E-state index in [1.807, 2.05) is 24.3 Å². The van der Waals surface area contributed by atoms with Gasteiger partial charge >= 0.3 is 0 Å². The van der Waals surface area contributed by atoms with Gasteiger partial charge in [0.2, 0.25) is 0 Å². The highest BCUT2D eigenvalue weighted by Crippen LogP contribution is 2.16. The van der Waals surface area contributed by atoms with E-state index in [1.165, 1.54) is 12.1 Å². The molecule has 0 atom stereocenters. The second kappa shape index (κ2) is 5.98. The van der Waals surface area contributed by atoms with Crippen LogP contribution in [0.15, 0.2) is 42.5 Å². The first-order chi connectivity index (χ1) is 9.22. The van der Waals surface area contributed by atoms with Gasteiger partial charge in [0.25, 0.3) is 0 Å². The van der Waals surface area contributed by atoms with Crippen LogP contribution in [-0.2, 0) is 13.2 Å². The lowest BCUT2D eigenvalue weighted by Gasteiger charge is -2.08. The fourth-order valence-corrected chi connectivity index (χ4v) is 1.68. The van der Waals surface area contributed by atoms with E-state index >= 15 is 0 Å². The van der Waals surface area contributed by atoms with Crippen molar-refractivity contribution in [3.8, 4) is 11.8 Å². The van der Waals surface area contributed by atoms with E-state index in [2.05, 4.69) is 0 Å². The standard InChI is InChI=1S/C15H13FN2O/c16-15-5-4-12(6-13(15)9-18)10-19-14-3-1-2-11(7-14)8-17/h1-7H,8,10,17H2. The van der Waals surface area contributed by atoms with E-state index in [4.69, 9.17) is 15.7 Å². The SMILES string of the molecule is N#Cc1cc(COc2cccc(CN)c2)ccc1F. The summed E-state index contributed by atoms with van der Waals surface area (Å²) in [6.07, 6.45) is 0. The molecule has 0 heterocycles. The Kier molecular flexibility index (Phi) is 4.11. The third-order valence-electron chi connectivity index (χ3n) is 2.69. The Morgan fingerprint density at radius 1 is 1.16 bits per heavy atom. The molecule has 0 amide bonds. The van der Waals surface area contributed by atoms with Crippen LogP contribution in [0.1, 0.15) is 16.7 Å². The molecular formula is C15H13FN2O. The molecule has 2 N–H and O–H groups in total. The van der Waals surface area contributed by atoms with Crippen LogP contribution >= 0.6 is 0 Å². The molecule has 96 valence electrons. The number of hydrogen-bond acceptors (Lipinski definition) is 3. The first-order valence-electron chi connectivity index (χ1n) is 5.83. The van der Waals surface area contributed by atoms with Crippen molar-refractivity contribution in [2.45, 2.75) is 13.2 Å². The molecule has 2 aromatic carbocycles. The first-order valence-corrected chi connectivity index (χ1v) is 5.83. The second-order valence-electron chi connectivity index (χ2n) is 4.07. The van der Waals surface area contributed by atoms with Gasteiger partial charge in [-0.3, -0.25) is 0 Å². The highest BCUT2D eigenvalue weighted by atomic mass is 19.1. The van der Waals surface area contributed by atoms with Crippen molar-refractivity contribution in [3.63, 3.8) is 0 Å². The van der Waals surface area contributed by atoms with Crippen molar-refractivity contribution in [2.24, 2.45) is 5.73 Å². The van der Waals surface area contributed by atoms with Crippen LogP contribution in [0.2, 0.25) is 0 Å². The average Bonchev–Trinajstić information content (AvgIpc) is 2.46. The topological polar surface area (TPSA) is 59.0 Å². The molecule has 0 saturated heterocycles. The lowest BCUT2D eigenvalue weighted by Crippen LogP contribution is -1.99. The summed E-state index contributed by atoms with van der Waals surface area (Å²) in [5, 5.41) is 8.75. The lowest BCUT2D eigenvalue weighted by molar-refractivity contribution is 0.305. The molecule has 0 radical (unpaired) electrons. The van der Waals surface area contributed by atoms with Gasteiger partial charge in [-0.15, -0.1) is 0 Å². The number of halogens is 1. The highest BCUT2D eigenvalue weighted by molar-refractivity contribution is 5.34. The molecule has 4 heteroatoms. The Labute approximate surface area is 111 Å². The van der Waals surface area contributed by atoms with Gasteiger partial charge in [-0.25, -0.2) is 4.39 Å². The summed E-state index contributed by atoms with van der Waals surface area (Å²) in [5.41, 5.74) is 7.30. The van der Waals surface area contributed by atoms with Crippen LogP contribution in [0.5, 0.6) is 5.75 Å². The van der Waals surface area contributed by atoms with E-state index in [0.717, 1.165) is 11.1 Å². The second-order valence-corrected chi connectivity index (χ2v) is 4.07. The minimum absolute atomic E-state index is 0.0248. The minimum Gasteiger partial charge on any atom is -0.489 e. The molecule has 0 aliphatic rings. The summed E-state index contributed by atoms with van der Waals surface area (Å²) in [6, 6.07) is 13.6. The van der Waals surface area contributed by atoms with Crippen LogP contribution in [0.4, 0.5) is 4.39 Å². The zero-order chi connectivity index (χ0) is 13.7. The van der Waals surface area contributed by atoms with Crippen LogP contribution < -0.4 is 10.5 Å². The first kappa shape index (κ1) is 13.1. The molecule has 0 aliphatic carbocycles. The third-order valence-corrected chi connectivity index (χ3v) is 2.69. The number of nitriles is 1. The molecule has 0 bridgehead atoms. The summed E-state index contributed by atoms with van der Waals surface area (Å²) >= 11 is 0. The quantitative estimate of drug-likeness (QED) is 0.915. The molecule has 2 rings (SSSR count). The molecule has 0 aromatic heterocycles. The van der Waals surface area contributed by atoms with Gasteiger partial charge in [-0.1, -0.05) is 18.2 Å². The van der Waals surface area contributed by atoms with Crippen molar-refractivity contribution in [3.05, 3.63) is 65.0 Å². The summed E-state index contributed by atoms with van der Waals surface area (Å²) in [4.78, 5) is 0. The van der Waals surface area contributed by atoms with Gasteiger partial charge in [-0.2, -0.15) is 5.26 Å². The molecular weight excluding hydrogens is 243 g/mol. The van der Waals surface area contributed by atoms with E-state index in [9.17, 15) is 4.39 Å². The summed E-state index contributed by atoms with van der Waals surface area (Å²) in [5.74, 6) is 0.183. The molecule has 0 fully saturated rings. The molecule has 0 saturated carbocycles. The monoisotopic (exact) mass is 256 g/mol. The van der Waals surface area contributed by atoms with Crippen molar-refractivity contribution < 1.29 is 9.13 Å². The van der Waals surface area contributed by atoms with Gasteiger partial charge in [0, 0.05) is 6.54 Å². The van der Waals surface area contributed by atoms with Crippen LogP contribution in [-0.4, -0.2) is 0 Å². The fraction of sp³-hybridized carbons (Fsp3) is 0.133. The number of benzene rings is 2. The Hall–Kier alpha value is -2.38. The molecule has 19 heavy (non-hydrogen) atoms. The van der Waals surface area contributed by atoms with Gasteiger partial charge in [-0.05, 0) is 35.4 Å². The maximum atomic E-state index is 13.2. The van der Waals surface area contributed by atoms with Gasteiger partial charge < -0.3 is 10.5 Å². The maximum Gasteiger partial charge on any atom is 0.140 e. The predicted molar refractivity (Wildman–Crippen MR) is 69.8 cm³/mol. The fourth-order valence-electron chi connectivity index (χ4n) is 1.68. The molecule has 0 unspecified atom stereocenters. The van der Waals surface area contributed by atoms with Crippen LogP contribution in [0.3, 0.4) is 0 Å². The summed E-state index contributed by atoms with van der Waals surface area (Å²) < 4.78 is 18.7. The smallest absolute Gasteiger partial charge is 0.140 e.